The van der Waals surface area contributed by atoms with E-state index in [4.69, 9.17) is 4.52 Å². The van der Waals surface area contributed by atoms with E-state index in [9.17, 15) is 0 Å². The monoisotopic (exact) mass is 188 g/mol. The normalized spacial score (nSPS) is 11.3. The Morgan fingerprint density at radius 3 is 2.79 bits per heavy atom. The number of aromatic nitrogens is 2. The van der Waals surface area contributed by atoms with E-state index in [-0.39, 0.29) is 0 Å². The summed E-state index contributed by atoms with van der Waals surface area (Å²) in [5.41, 5.74) is 3.05. The second-order valence-corrected chi connectivity index (χ2v) is 3.20. The molecule has 2 rings (SSSR count). The van der Waals surface area contributed by atoms with Crippen LogP contribution in [0, 0.1) is 13.8 Å². The third-order valence-corrected chi connectivity index (χ3v) is 2.14. The van der Waals surface area contributed by atoms with Gasteiger partial charge in [-0.25, -0.2) is 0 Å². The summed E-state index contributed by atoms with van der Waals surface area (Å²) >= 11 is 0. The third kappa shape index (κ3) is 1.62. The van der Waals surface area contributed by atoms with Crippen LogP contribution in [0.15, 0.2) is 22.9 Å². The van der Waals surface area contributed by atoms with Crippen molar-refractivity contribution in [2.45, 2.75) is 13.8 Å². The fourth-order valence-corrected chi connectivity index (χ4v) is 1.35. The van der Waals surface area contributed by atoms with Gasteiger partial charge in [0.05, 0.1) is 5.69 Å². The van der Waals surface area contributed by atoms with E-state index in [1.54, 1.807) is 0 Å². The molecular weight excluding hydrogens is 176 g/mol. The maximum Gasteiger partial charge on any atom is 0.141 e. The molecule has 3 heteroatoms. The highest BCUT2D eigenvalue weighted by Gasteiger charge is 2.04. The van der Waals surface area contributed by atoms with Gasteiger partial charge in [-0.05, 0) is 38.1 Å². The molecule has 0 aliphatic carbocycles. The van der Waals surface area contributed by atoms with Gasteiger partial charge >= 0.3 is 0 Å². The Hall–Kier alpha value is -1.77. The van der Waals surface area contributed by atoms with E-state index in [0.29, 0.717) is 0 Å². The van der Waals surface area contributed by atoms with Crippen molar-refractivity contribution in [2.75, 3.05) is 0 Å². The zero-order valence-electron chi connectivity index (χ0n) is 8.24. The van der Waals surface area contributed by atoms with E-state index in [1.165, 1.54) is 0 Å². The van der Waals surface area contributed by atoms with Crippen LogP contribution >= 0.6 is 0 Å². The van der Waals surface area contributed by atoms with E-state index in [1.807, 2.05) is 44.3 Å². The van der Waals surface area contributed by atoms with Crippen LogP contribution in [0.3, 0.4) is 0 Å². The van der Waals surface area contributed by atoms with Gasteiger partial charge in [0.2, 0.25) is 0 Å². The third-order valence-electron chi connectivity index (χ3n) is 2.14. The minimum atomic E-state index is 0.852. The zero-order chi connectivity index (χ0) is 9.97. The van der Waals surface area contributed by atoms with Crippen molar-refractivity contribution in [1.82, 2.24) is 10.1 Å². The van der Waals surface area contributed by atoms with Gasteiger partial charge in [-0.2, -0.15) is 0 Å². The average molecular weight is 188 g/mol. The lowest BCUT2D eigenvalue weighted by Crippen LogP contribution is -1.76. The van der Waals surface area contributed by atoms with Crippen LogP contribution in [0.25, 0.3) is 12.2 Å². The predicted octanol–water partition coefficient (Wildman–Crippen LogP) is 2.79. The maximum atomic E-state index is 5.05. The molecule has 0 atom stereocenters. The molecule has 72 valence electrons. The highest BCUT2D eigenvalue weighted by molar-refractivity contribution is 5.69. The van der Waals surface area contributed by atoms with Crippen LogP contribution in [0.2, 0.25) is 0 Å². The van der Waals surface area contributed by atoms with Gasteiger partial charge in [-0.1, -0.05) is 5.16 Å². The van der Waals surface area contributed by atoms with Crippen molar-refractivity contribution >= 4 is 12.2 Å². The number of hydrogen-bond donors (Lipinski definition) is 1. The summed E-state index contributed by atoms with van der Waals surface area (Å²) < 4.78 is 5.05. The van der Waals surface area contributed by atoms with Gasteiger partial charge in [-0.3, -0.25) is 0 Å². The van der Waals surface area contributed by atoms with Crippen molar-refractivity contribution in [3.05, 3.63) is 41.0 Å². The van der Waals surface area contributed by atoms with Crippen LogP contribution in [0.4, 0.5) is 0 Å². The summed E-state index contributed by atoms with van der Waals surface area (Å²) in [6, 6.07) is 3.97. The smallest absolute Gasteiger partial charge is 0.141 e. The van der Waals surface area contributed by atoms with Gasteiger partial charge in [0.15, 0.2) is 0 Å². The molecule has 2 heterocycles. The van der Waals surface area contributed by atoms with Crippen molar-refractivity contribution in [1.29, 1.82) is 0 Å². The van der Waals surface area contributed by atoms with E-state index >= 15 is 0 Å². The summed E-state index contributed by atoms with van der Waals surface area (Å²) in [5.74, 6) is 0.852. The molecule has 0 spiro atoms. The first kappa shape index (κ1) is 8.81. The minimum absolute atomic E-state index is 0.852. The van der Waals surface area contributed by atoms with Gasteiger partial charge in [0.1, 0.15) is 5.76 Å². The SMILES string of the molecule is Cc1noc(C)c1/C=C/c1ccc[nH]1. The number of aromatic amines is 1. The van der Waals surface area contributed by atoms with Gasteiger partial charge < -0.3 is 9.51 Å². The summed E-state index contributed by atoms with van der Waals surface area (Å²) in [5, 5.41) is 3.88. The highest BCUT2D eigenvalue weighted by atomic mass is 16.5. The number of nitrogens with zero attached hydrogens (tertiary/aromatic N) is 1. The number of hydrogen-bond acceptors (Lipinski definition) is 2. The predicted molar refractivity (Wildman–Crippen MR) is 55.7 cm³/mol. The van der Waals surface area contributed by atoms with Crippen molar-refractivity contribution in [2.24, 2.45) is 0 Å². The number of nitrogens with one attached hydrogen (secondary N) is 1. The van der Waals surface area contributed by atoms with Gasteiger partial charge in [0.25, 0.3) is 0 Å². The molecule has 0 saturated carbocycles. The lowest BCUT2D eigenvalue weighted by molar-refractivity contribution is 0.393. The van der Waals surface area contributed by atoms with Gasteiger partial charge in [0, 0.05) is 17.5 Å². The van der Waals surface area contributed by atoms with Crippen LogP contribution in [-0.2, 0) is 0 Å². The molecular formula is C11H12N2O. The average Bonchev–Trinajstić information content (AvgIpc) is 2.76. The Kier molecular flexibility index (Phi) is 2.23. The first-order valence-corrected chi connectivity index (χ1v) is 4.52. The van der Waals surface area contributed by atoms with Gasteiger partial charge in [-0.15, -0.1) is 0 Å². The Morgan fingerprint density at radius 2 is 2.21 bits per heavy atom. The molecule has 0 unspecified atom stereocenters. The molecule has 14 heavy (non-hydrogen) atoms. The molecule has 2 aromatic rings. The van der Waals surface area contributed by atoms with Crippen molar-refractivity contribution in [3.63, 3.8) is 0 Å². The second kappa shape index (κ2) is 3.54. The molecule has 0 aliphatic rings. The largest absolute Gasteiger partial charge is 0.362 e. The molecule has 1 N–H and O–H groups in total. The topological polar surface area (TPSA) is 41.8 Å². The molecule has 0 bridgehead atoms. The molecule has 0 saturated heterocycles. The lowest BCUT2D eigenvalue weighted by atomic mass is 10.2. The Morgan fingerprint density at radius 1 is 1.36 bits per heavy atom. The van der Waals surface area contributed by atoms with Crippen LogP contribution in [-0.4, -0.2) is 10.1 Å². The minimum Gasteiger partial charge on any atom is -0.362 e. The highest BCUT2D eigenvalue weighted by Crippen LogP contribution is 2.15. The van der Waals surface area contributed by atoms with Crippen LogP contribution in [0.1, 0.15) is 22.7 Å². The molecule has 0 amide bonds. The maximum absolute atomic E-state index is 5.05. The van der Waals surface area contributed by atoms with Crippen LogP contribution in [0.5, 0.6) is 0 Å². The lowest BCUT2D eigenvalue weighted by Gasteiger charge is -1.88. The first-order chi connectivity index (χ1) is 6.77. The Balaban J connectivity index is 2.26. The summed E-state index contributed by atoms with van der Waals surface area (Å²) in [7, 11) is 0. The summed E-state index contributed by atoms with van der Waals surface area (Å²) in [6.07, 6.45) is 5.91. The Bertz CT molecular complexity index is 418. The van der Waals surface area contributed by atoms with E-state index in [2.05, 4.69) is 10.1 Å². The molecule has 0 radical (unpaired) electrons. The first-order valence-electron chi connectivity index (χ1n) is 4.52. The number of rotatable bonds is 2. The Labute approximate surface area is 82.4 Å². The second-order valence-electron chi connectivity index (χ2n) is 3.20. The van der Waals surface area contributed by atoms with Crippen molar-refractivity contribution in [3.8, 4) is 0 Å². The van der Waals surface area contributed by atoms with Crippen molar-refractivity contribution < 1.29 is 4.52 Å². The number of H-pyrrole nitrogens is 1. The van der Waals surface area contributed by atoms with E-state index in [0.717, 1.165) is 22.7 Å². The van der Waals surface area contributed by atoms with E-state index < -0.39 is 0 Å². The van der Waals surface area contributed by atoms with Crippen LogP contribution < -0.4 is 0 Å². The molecule has 3 nitrogen and oxygen atoms in total. The summed E-state index contributed by atoms with van der Waals surface area (Å²) in [4.78, 5) is 3.10. The molecule has 0 aliphatic heterocycles. The fourth-order valence-electron chi connectivity index (χ4n) is 1.35. The quantitative estimate of drug-likeness (QED) is 0.787. The summed E-state index contributed by atoms with van der Waals surface area (Å²) in [6.45, 7) is 3.85. The molecule has 2 aromatic heterocycles. The molecule has 0 aromatic carbocycles. The molecule has 0 fully saturated rings. The fraction of sp³-hybridized carbons (Fsp3) is 0.182. The standard InChI is InChI=1S/C11H12N2O/c1-8-11(9(2)14-13-8)6-5-10-4-3-7-12-10/h3-7,12H,1-2H3/b6-5+. The number of aryl methyl sites for hydroxylation is 2. The zero-order valence-corrected chi connectivity index (χ0v) is 8.24.